The summed E-state index contributed by atoms with van der Waals surface area (Å²) >= 11 is 0. The van der Waals surface area contributed by atoms with E-state index in [2.05, 4.69) is 0 Å². The Morgan fingerprint density at radius 1 is 1.15 bits per heavy atom. The summed E-state index contributed by atoms with van der Waals surface area (Å²) < 4.78 is 0. The van der Waals surface area contributed by atoms with E-state index >= 15 is 0 Å². The Labute approximate surface area is 119 Å². The van der Waals surface area contributed by atoms with Gasteiger partial charge in [0.25, 0.3) is 5.91 Å². The van der Waals surface area contributed by atoms with Crippen LogP contribution in [0.2, 0.25) is 0 Å². The first-order valence-electron chi connectivity index (χ1n) is 6.88. The van der Waals surface area contributed by atoms with Crippen LogP contribution in [0, 0.1) is 6.92 Å². The molecule has 1 unspecified atom stereocenters. The van der Waals surface area contributed by atoms with Crippen molar-refractivity contribution >= 4 is 11.6 Å². The predicted molar refractivity (Wildman–Crippen MR) is 81.0 cm³/mol. The maximum Gasteiger partial charge on any atom is 0.258 e. The zero-order valence-electron chi connectivity index (χ0n) is 11.5. The summed E-state index contributed by atoms with van der Waals surface area (Å²) in [6.07, 6.45) is 0.827. The summed E-state index contributed by atoms with van der Waals surface area (Å²) in [6, 6.07) is 15.7. The Morgan fingerprint density at radius 3 is 2.65 bits per heavy atom. The Bertz CT molecular complexity index is 651. The first-order valence-corrected chi connectivity index (χ1v) is 6.88. The second-order valence-corrected chi connectivity index (χ2v) is 5.32. The number of benzene rings is 2. The van der Waals surface area contributed by atoms with E-state index in [1.165, 1.54) is 0 Å². The van der Waals surface area contributed by atoms with Gasteiger partial charge in [0.05, 0.1) is 0 Å². The Morgan fingerprint density at radius 2 is 1.85 bits per heavy atom. The fourth-order valence-electron chi connectivity index (χ4n) is 2.78. The molecule has 2 aromatic carbocycles. The molecule has 0 saturated heterocycles. The third kappa shape index (κ3) is 2.21. The van der Waals surface area contributed by atoms with Gasteiger partial charge in [0.2, 0.25) is 0 Å². The van der Waals surface area contributed by atoms with Gasteiger partial charge in [-0.15, -0.1) is 0 Å². The number of para-hydroxylation sites is 1. The maximum absolute atomic E-state index is 12.8. The molecule has 1 heterocycles. The summed E-state index contributed by atoms with van der Waals surface area (Å²) in [5.41, 5.74) is 9.98. The normalized spacial score (nSPS) is 17.7. The van der Waals surface area contributed by atoms with Gasteiger partial charge in [0, 0.05) is 23.8 Å². The van der Waals surface area contributed by atoms with E-state index in [1.54, 1.807) is 0 Å². The first kappa shape index (κ1) is 12.9. The zero-order valence-corrected chi connectivity index (χ0v) is 11.5. The van der Waals surface area contributed by atoms with Gasteiger partial charge in [0.15, 0.2) is 0 Å². The fraction of sp³-hybridized carbons (Fsp3) is 0.235. The minimum absolute atomic E-state index is 0.00197. The molecule has 0 aromatic heterocycles. The summed E-state index contributed by atoms with van der Waals surface area (Å²) in [7, 11) is 0. The molecule has 1 amide bonds. The number of carbonyl (C=O) groups excluding carboxylic acids is 1. The molecule has 1 atom stereocenters. The molecule has 102 valence electrons. The van der Waals surface area contributed by atoms with Crippen molar-refractivity contribution < 1.29 is 4.79 Å². The van der Waals surface area contributed by atoms with Crippen LogP contribution in [0.1, 0.15) is 21.5 Å². The van der Waals surface area contributed by atoms with Crippen LogP contribution in [0.25, 0.3) is 0 Å². The highest BCUT2D eigenvalue weighted by Crippen LogP contribution is 2.28. The molecule has 0 radical (unpaired) electrons. The lowest BCUT2D eigenvalue weighted by molar-refractivity contribution is 0.0983. The molecule has 0 saturated carbocycles. The standard InChI is InChI=1S/C17H18N2O/c1-12-6-2-4-8-15(12)17(20)19-11-14(18)10-13-7-3-5-9-16(13)19/h2-9,14H,10-11,18H2,1H3. The van der Waals surface area contributed by atoms with Crippen LogP contribution in [0.4, 0.5) is 5.69 Å². The second kappa shape index (κ2) is 5.10. The molecule has 0 aliphatic carbocycles. The topological polar surface area (TPSA) is 46.3 Å². The minimum atomic E-state index is -0.00197. The van der Waals surface area contributed by atoms with Gasteiger partial charge in [-0.25, -0.2) is 0 Å². The van der Waals surface area contributed by atoms with Crippen molar-refractivity contribution in [3.8, 4) is 0 Å². The SMILES string of the molecule is Cc1ccccc1C(=O)N1CC(N)Cc2ccccc21. The summed E-state index contributed by atoms with van der Waals surface area (Å²) in [5, 5.41) is 0. The van der Waals surface area contributed by atoms with Crippen LogP contribution >= 0.6 is 0 Å². The lowest BCUT2D eigenvalue weighted by Crippen LogP contribution is -2.46. The van der Waals surface area contributed by atoms with Crippen LogP contribution in [-0.2, 0) is 6.42 Å². The monoisotopic (exact) mass is 266 g/mol. The molecule has 20 heavy (non-hydrogen) atoms. The van der Waals surface area contributed by atoms with Gasteiger partial charge in [-0.2, -0.15) is 0 Å². The van der Waals surface area contributed by atoms with Crippen LogP contribution in [0.3, 0.4) is 0 Å². The molecular formula is C17H18N2O. The summed E-state index contributed by atoms with van der Waals surface area (Å²) in [4.78, 5) is 14.6. The predicted octanol–water partition coefficient (Wildman–Crippen LogP) is 2.53. The van der Waals surface area contributed by atoms with Crippen molar-refractivity contribution in [3.05, 3.63) is 65.2 Å². The van der Waals surface area contributed by atoms with E-state index in [1.807, 2.05) is 60.4 Å². The number of anilines is 1. The molecule has 3 heteroatoms. The molecular weight excluding hydrogens is 248 g/mol. The van der Waals surface area contributed by atoms with Crippen molar-refractivity contribution in [3.63, 3.8) is 0 Å². The number of amides is 1. The van der Waals surface area contributed by atoms with Crippen molar-refractivity contribution in [2.45, 2.75) is 19.4 Å². The lowest BCUT2D eigenvalue weighted by Gasteiger charge is -2.33. The lowest BCUT2D eigenvalue weighted by atomic mass is 9.97. The van der Waals surface area contributed by atoms with E-state index in [0.717, 1.165) is 28.8 Å². The number of fused-ring (bicyclic) bond motifs is 1. The van der Waals surface area contributed by atoms with Gasteiger partial charge in [-0.3, -0.25) is 4.79 Å². The molecule has 0 bridgehead atoms. The number of nitrogens with two attached hydrogens (primary N) is 1. The van der Waals surface area contributed by atoms with E-state index < -0.39 is 0 Å². The van der Waals surface area contributed by atoms with E-state index in [-0.39, 0.29) is 11.9 Å². The smallest absolute Gasteiger partial charge is 0.258 e. The van der Waals surface area contributed by atoms with Crippen LogP contribution in [0.5, 0.6) is 0 Å². The number of rotatable bonds is 1. The second-order valence-electron chi connectivity index (χ2n) is 5.32. The highest BCUT2D eigenvalue weighted by Gasteiger charge is 2.27. The number of carbonyl (C=O) groups is 1. The summed E-state index contributed by atoms with van der Waals surface area (Å²) in [6.45, 7) is 2.53. The molecule has 3 nitrogen and oxygen atoms in total. The molecule has 3 rings (SSSR count). The van der Waals surface area contributed by atoms with Crippen molar-refractivity contribution in [1.82, 2.24) is 0 Å². The maximum atomic E-state index is 12.8. The highest BCUT2D eigenvalue weighted by atomic mass is 16.2. The third-order valence-corrected chi connectivity index (χ3v) is 3.80. The minimum Gasteiger partial charge on any atom is -0.326 e. The fourth-order valence-corrected chi connectivity index (χ4v) is 2.78. The third-order valence-electron chi connectivity index (χ3n) is 3.80. The molecule has 2 aromatic rings. The molecule has 0 spiro atoms. The molecule has 0 fully saturated rings. The van der Waals surface area contributed by atoms with Gasteiger partial charge in [-0.05, 0) is 36.6 Å². The highest BCUT2D eigenvalue weighted by molar-refractivity contribution is 6.07. The number of aryl methyl sites for hydroxylation is 1. The Kier molecular flexibility index (Phi) is 3.28. The van der Waals surface area contributed by atoms with Gasteiger partial charge in [-0.1, -0.05) is 36.4 Å². The molecule has 1 aliphatic rings. The van der Waals surface area contributed by atoms with Crippen molar-refractivity contribution in [2.75, 3.05) is 11.4 Å². The van der Waals surface area contributed by atoms with Crippen molar-refractivity contribution in [1.29, 1.82) is 0 Å². The molecule has 2 N–H and O–H groups in total. The van der Waals surface area contributed by atoms with Crippen LogP contribution in [0.15, 0.2) is 48.5 Å². The largest absolute Gasteiger partial charge is 0.326 e. The van der Waals surface area contributed by atoms with E-state index in [9.17, 15) is 4.79 Å². The Hall–Kier alpha value is -2.13. The van der Waals surface area contributed by atoms with E-state index in [4.69, 9.17) is 5.73 Å². The summed E-state index contributed by atoms with van der Waals surface area (Å²) in [5.74, 6) is 0.0331. The van der Waals surface area contributed by atoms with Gasteiger partial charge in [0.1, 0.15) is 0 Å². The molecule has 1 aliphatic heterocycles. The van der Waals surface area contributed by atoms with Gasteiger partial charge < -0.3 is 10.6 Å². The Balaban J connectivity index is 2.02. The first-order chi connectivity index (χ1) is 9.66. The quantitative estimate of drug-likeness (QED) is 0.862. The van der Waals surface area contributed by atoms with Gasteiger partial charge >= 0.3 is 0 Å². The number of hydrogen-bond donors (Lipinski definition) is 1. The average molecular weight is 266 g/mol. The van der Waals surface area contributed by atoms with Crippen molar-refractivity contribution in [2.24, 2.45) is 5.73 Å². The van der Waals surface area contributed by atoms with E-state index in [0.29, 0.717) is 6.54 Å². The average Bonchev–Trinajstić information content (AvgIpc) is 2.46. The zero-order chi connectivity index (χ0) is 14.1. The van der Waals surface area contributed by atoms with Crippen LogP contribution in [-0.4, -0.2) is 18.5 Å². The van der Waals surface area contributed by atoms with Crippen LogP contribution < -0.4 is 10.6 Å². The number of nitrogens with zero attached hydrogens (tertiary/aromatic N) is 1. The number of hydrogen-bond acceptors (Lipinski definition) is 2.